The number of hydrogen-bond donors (Lipinski definition) is 1. The molecule has 1 unspecified atom stereocenters. The van der Waals surface area contributed by atoms with E-state index in [1.54, 1.807) is 12.1 Å². The first-order valence-electron chi connectivity index (χ1n) is 4.53. The Labute approximate surface area is 73.4 Å². The topological polar surface area (TPSA) is 46.5 Å². The number of methoxy groups -OCH3 is 1. The highest BCUT2D eigenvalue weighted by Gasteiger charge is 2.00. The smallest absolute Gasteiger partial charge is 0.335 e. The average molecular weight is 169 g/mol. The summed E-state index contributed by atoms with van der Waals surface area (Å²) in [5.41, 5.74) is 0.960. The zero-order valence-electron chi connectivity index (χ0n) is 8.36. The molecule has 3 heteroatoms. The zero-order valence-corrected chi connectivity index (χ0v) is 6.36. The summed E-state index contributed by atoms with van der Waals surface area (Å²) in [6, 6.07) is 6.13. The lowest BCUT2D eigenvalue weighted by atomic mass is 10.1. The maximum absolute atomic E-state index is 10.5. The summed E-state index contributed by atoms with van der Waals surface area (Å²) in [6.07, 6.45) is 0. The van der Waals surface area contributed by atoms with Gasteiger partial charge in [0, 0.05) is 7.06 Å². The number of aromatic carboxylic acids is 1. The summed E-state index contributed by atoms with van der Waals surface area (Å²) in [5, 5.41) is 8.60. The summed E-state index contributed by atoms with van der Waals surface area (Å²) in [6.45, 7) is 0.150. The van der Waals surface area contributed by atoms with Gasteiger partial charge in [-0.1, -0.05) is 12.1 Å². The number of carboxylic acid groups (broad SMARTS) is 1. The van der Waals surface area contributed by atoms with Crippen LogP contribution in [-0.4, -0.2) is 18.1 Å². The summed E-state index contributed by atoms with van der Waals surface area (Å²) in [5.74, 6) is -0.976. The molecule has 1 rings (SSSR count). The van der Waals surface area contributed by atoms with Crippen LogP contribution in [0, 0.1) is 0 Å². The molecule has 0 aliphatic heterocycles. The lowest BCUT2D eigenvalue weighted by molar-refractivity contribution is 0.0697. The third-order valence-electron chi connectivity index (χ3n) is 1.45. The Balaban J connectivity index is 2.60. The number of carbonyl (C=O) groups is 1. The van der Waals surface area contributed by atoms with Crippen molar-refractivity contribution < 1.29 is 17.4 Å². The quantitative estimate of drug-likeness (QED) is 0.746. The van der Waals surface area contributed by atoms with E-state index < -0.39 is 13.0 Å². The van der Waals surface area contributed by atoms with E-state index in [1.807, 2.05) is 0 Å². The number of hydrogen-bond acceptors (Lipinski definition) is 2. The van der Waals surface area contributed by atoms with E-state index in [0.29, 0.717) is 0 Å². The molecule has 1 aromatic carbocycles. The van der Waals surface area contributed by atoms with Crippen molar-refractivity contribution in [1.29, 1.82) is 0 Å². The molecule has 0 amide bonds. The van der Waals surface area contributed by atoms with Gasteiger partial charge in [-0.3, -0.25) is 0 Å². The first kappa shape index (κ1) is 6.20. The van der Waals surface area contributed by atoms with Gasteiger partial charge < -0.3 is 9.84 Å². The molecule has 0 aliphatic carbocycles. The van der Waals surface area contributed by atoms with Gasteiger partial charge in [0.1, 0.15) is 0 Å². The highest BCUT2D eigenvalue weighted by atomic mass is 16.5. The van der Waals surface area contributed by atoms with Gasteiger partial charge >= 0.3 is 5.97 Å². The number of ether oxygens (including phenoxy) is 1. The van der Waals surface area contributed by atoms with E-state index in [0.717, 1.165) is 5.56 Å². The standard InChI is InChI=1S/C9H10O3/c1-12-6-7-2-4-8(5-3-7)9(10)11/h2-5H,6H2,1H3,(H,10,11)/i1TD. The Kier molecular flexibility index (Phi) is 2.00. The third-order valence-corrected chi connectivity index (χ3v) is 1.45. The van der Waals surface area contributed by atoms with Crippen LogP contribution in [0.15, 0.2) is 24.3 Å². The normalized spacial score (nSPS) is 14.7. The summed E-state index contributed by atoms with van der Waals surface area (Å²) in [7, 11) is -1.31. The van der Waals surface area contributed by atoms with Crippen LogP contribution in [0.4, 0.5) is 0 Å². The minimum Gasteiger partial charge on any atom is -0.478 e. The Morgan fingerprint density at radius 1 is 1.75 bits per heavy atom. The molecule has 0 heterocycles. The van der Waals surface area contributed by atoms with Crippen molar-refractivity contribution in [2.24, 2.45) is 0 Å². The Morgan fingerprint density at radius 3 is 2.92 bits per heavy atom. The molecule has 12 heavy (non-hydrogen) atoms. The molecule has 0 aliphatic rings. The van der Waals surface area contributed by atoms with Gasteiger partial charge in [-0.15, -0.1) is 0 Å². The zero-order chi connectivity index (χ0) is 10.6. The van der Waals surface area contributed by atoms with E-state index in [1.165, 1.54) is 12.1 Å². The second-order valence-corrected chi connectivity index (χ2v) is 2.31. The van der Waals surface area contributed by atoms with Crippen LogP contribution in [0.3, 0.4) is 0 Å². The lowest BCUT2D eigenvalue weighted by Gasteiger charge is -1.99. The molecule has 3 nitrogen and oxygen atoms in total. The predicted octanol–water partition coefficient (Wildman–Crippen LogP) is 1.53. The minimum atomic E-state index is -1.31. The van der Waals surface area contributed by atoms with Gasteiger partial charge in [0.25, 0.3) is 0 Å². The Morgan fingerprint density at radius 2 is 2.42 bits per heavy atom. The summed E-state index contributed by atoms with van der Waals surface area (Å²) in [4.78, 5) is 10.5. The fraction of sp³-hybridized carbons (Fsp3) is 0.222. The minimum absolute atomic E-state index is 0.150. The van der Waals surface area contributed by atoms with Gasteiger partial charge in [-0.25, -0.2) is 4.79 Å². The molecule has 0 aromatic heterocycles. The second kappa shape index (κ2) is 3.88. The fourth-order valence-electron chi connectivity index (χ4n) is 0.840. The molecular weight excluding hydrogens is 156 g/mol. The van der Waals surface area contributed by atoms with Crippen LogP contribution in [0.5, 0.6) is 0 Å². The highest BCUT2D eigenvalue weighted by molar-refractivity contribution is 5.87. The Hall–Kier alpha value is -1.35. The molecule has 0 saturated heterocycles. The third kappa shape index (κ3) is 2.07. The fourth-order valence-corrected chi connectivity index (χ4v) is 0.840. The van der Waals surface area contributed by atoms with Crippen LogP contribution >= 0.6 is 0 Å². The van der Waals surface area contributed by atoms with Crippen molar-refractivity contribution >= 4 is 5.97 Å². The van der Waals surface area contributed by atoms with E-state index >= 15 is 0 Å². The van der Waals surface area contributed by atoms with E-state index in [4.69, 9.17) is 12.6 Å². The molecule has 0 radical (unpaired) electrons. The van der Waals surface area contributed by atoms with Crippen molar-refractivity contribution in [2.75, 3.05) is 7.06 Å². The van der Waals surface area contributed by atoms with E-state index in [-0.39, 0.29) is 12.2 Å². The van der Waals surface area contributed by atoms with Crippen molar-refractivity contribution in [3.8, 4) is 0 Å². The molecule has 1 aromatic rings. The first-order chi connectivity index (χ1) is 6.59. The van der Waals surface area contributed by atoms with Crippen LogP contribution in [-0.2, 0) is 11.3 Å². The van der Waals surface area contributed by atoms with Gasteiger partial charge in [-0.05, 0) is 17.7 Å². The van der Waals surface area contributed by atoms with Gasteiger partial charge in [0.15, 0.2) is 0 Å². The largest absolute Gasteiger partial charge is 0.478 e. The molecule has 0 saturated carbocycles. The van der Waals surface area contributed by atoms with Crippen LogP contribution in [0.25, 0.3) is 0 Å². The lowest BCUT2D eigenvalue weighted by Crippen LogP contribution is -1.96. The average Bonchev–Trinajstić information content (AvgIpc) is 2.15. The van der Waals surface area contributed by atoms with Crippen molar-refractivity contribution in [3.63, 3.8) is 0 Å². The van der Waals surface area contributed by atoms with E-state index in [2.05, 4.69) is 0 Å². The van der Waals surface area contributed by atoms with Crippen LogP contribution < -0.4 is 0 Å². The molecule has 0 fully saturated rings. The highest BCUT2D eigenvalue weighted by Crippen LogP contribution is 2.04. The van der Waals surface area contributed by atoms with Crippen LogP contribution in [0.1, 0.15) is 18.7 Å². The molecular formula is C9H10O3. The van der Waals surface area contributed by atoms with E-state index in [9.17, 15) is 4.79 Å². The van der Waals surface area contributed by atoms with Gasteiger partial charge in [0.05, 0.1) is 14.9 Å². The molecule has 1 atom stereocenters. The predicted molar refractivity (Wildman–Crippen MR) is 44.1 cm³/mol. The van der Waals surface area contributed by atoms with Crippen LogP contribution in [0.2, 0.25) is 0 Å². The molecule has 0 bridgehead atoms. The number of carboxylic acids is 1. The van der Waals surface area contributed by atoms with Gasteiger partial charge in [-0.2, -0.15) is 0 Å². The summed E-state index contributed by atoms with van der Waals surface area (Å²) >= 11 is 0. The Bertz CT molecular complexity index is 308. The maximum atomic E-state index is 10.5. The monoisotopic (exact) mass is 169 g/mol. The van der Waals surface area contributed by atoms with Gasteiger partial charge in [0.2, 0.25) is 0 Å². The number of rotatable bonds is 3. The molecule has 1 N–H and O–H groups in total. The van der Waals surface area contributed by atoms with Crippen molar-refractivity contribution in [3.05, 3.63) is 35.4 Å². The second-order valence-electron chi connectivity index (χ2n) is 2.31. The SMILES string of the molecule is [2H]C([3H])OCc1ccc(C(=O)O)cc1. The number of benzene rings is 1. The summed E-state index contributed by atoms with van der Waals surface area (Å²) < 4.78 is 18.3. The maximum Gasteiger partial charge on any atom is 0.335 e. The van der Waals surface area contributed by atoms with Crippen molar-refractivity contribution in [2.45, 2.75) is 6.61 Å². The van der Waals surface area contributed by atoms with Crippen molar-refractivity contribution in [1.82, 2.24) is 0 Å². The molecule has 0 spiro atoms. The molecule has 64 valence electrons. The first-order valence-corrected chi connectivity index (χ1v) is 3.38.